The minimum Gasteiger partial charge on any atom is -0.481 e. The standard InChI is InChI=1S/C8H12N2O5/c1-10-6(11)3-2(4(3)7(12)13)5(9)8(14)15/h2-5H,9H2,1H3,(H,10,11)(H,12,13)(H,14,15). The molecule has 1 aliphatic carbocycles. The Kier molecular flexibility index (Phi) is 2.94. The summed E-state index contributed by atoms with van der Waals surface area (Å²) >= 11 is 0. The average molecular weight is 216 g/mol. The zero-order valence-electron chi connectivity index (χ0n) is 8.01. The molecule has 0 aromatic carbocycles. The highest BCUT2D eigenvalue weighted by Crippen LogP contribution is 2.48. The smallest absolute Gasteiger partial charge is 0.320 e. The molecule has 7 heteroatoms. The first-order valence-corrected chi connectivity index (χ1v) is 4.34. The minimum atomic E-state index is -1.31. The molecule has 1 aliphatic rings. The Balaban J connectivity index is 2.78. The number of carbonyl (C=O) groups excluding carboxylic acids is 1. The first-order valence-electron chi connectivity index (χ1n) is 4.34. The normalized spacial score (nSPS) is 30.4. The minimum absolute atomic E-state index is 0.482. The molecule has 0 spiro atoms. The van der Waals surface area contributed by atoms with Gasteiger partial charge in [-0.1, -0.05) is 0 Å². The molecular formula is C8H12N2O5. The van der Waals surface area contributed by atoms with Gasteiger partial charge in [0.1, 0.15) is 6.04 Å². The van der Waals surface area contributed by atoms with Gasteiger partial charge in [-0.05, 0) is 0 Å². The fourth-order valence-corrected chi connectivity index (χ4v) is 1.77. The zero-order chi connectivity index (χ0) is 11.7. The number of carboxylic acid groups (broad SMARTS) is 2. The lowest BCUT2D eigenvalue weighted by Crippen LogP contribution is -2.35. The summed E-state index contributed by atoms with van der Waals surface area (Å²) in [5.74, 6) is -5.61. The third-order valence-corrected chi connectivity index (χ3v) is 2.61. The van der Waals surface area contributed by atoms with Crippen LogP contribution in [0.15, 0.2) is 0 Å². The number of hydrogen-bond acceptors (Lipinski definition) is 4. The van der Waals surface area contributed by atoms with E-state index >= 15 is 0 Å². The van der Waals surface area contributed by atoms with Crippen LogP contribution in [0.2, 0.25) is 0 Å². The largest absolute Gasteiger partial charge is 0.481 e. The summed E-state index contributed by atoms with van der Waals surface area (Å²) in [6.07, 6.45) is 0. The van der Waals surface area contributed by atoms with E-state index in [-0.39, 0.29) is 0 Å². The predicted octanol–water partition coefficient (Wildman–Crippen LogP) is -1.91. The first kappa shape index (κ1) is 11.4. The molecular weight excluding hydrogens is 204 g/mol. The van der Waals surface area contributed by atoms with E-state index in [2.05, 4.69) is 5.32 Å². The molecule has 0 saturated heterocycles. The van der Waals surface area contributed by atoms with Gasteiger partial charge < -0.3 is 21.3 Å². The van der Waals surface area contributed by atoms with Crippen molar-refractivity contribution in [1.82, 2.24) is 5.32 Å². The molecule has 1 fully saturated rings. The Morgan fingerprint density at radius 1 is 1.27 bits per heavy atom. The van der Waals surface area contributed by atoms with Crippen molar-refractivity contribution in [2.24, 2.45) is 23.5 Å². The maximum Gasteiger partial charge on any atom is 0.320 e. The van der Waals surface area contributed by atoms with Crippen LogP contribution in [0.1, 0.15) is 0 Å². The van der Waals surface area contributed by atoms with Crippen molar-refractivity contribution in [3.05, 3.63) is 0 Å². The summed E-state index contributed by atoms with van der Waals surface area (Å²) in [7, 11) is 1.36. The first-order chi connectivity index (χ1) is 6.91. The number of amides is 1. The second kappa shape index (κ2) is 3.85. The van der Waals surface area contributed by atoms with Gasteiger partial charge in [0.2, 0.25) is 5.91 Å². The number of nitrogens with one attached hydrogen (secondary N) is 1. The highest BCUT2D eigenvalue weighted by atomic mass is 16.4. The Morgan fingerprint density at radius 3 is 2.13 bits per heavy atom. The van der Waals surface area contributed by atoms with Gasteiger partial charge in [-0.15, -0.1) is 0 Å². The molecule has 7 nitrogen and oxygen atoms in total. The van der Waals surface area contributed by atoms with E-state index in [0.717, 1.165) is 0 Å². The second-order valence-electron chi connectivity index (χ2n) is 3.45. The number of rotatable bonds is 4. The van der Waals surface area contributed by atoms with Gasteiger partial charge in [0.25, 0.3) is 0 Å². The molecule has 0 aromatic rings. The molecule has 1 rings (SSSR count). The monoisotopic (exact) mass is 216 g/mol. The van der Waals surface area contributed by atoms with E-state index < -0.39 is 41.6 Å². The van der Waals surface area contributed by atoms with Gasteiger partial charge in [0, 0.05) is 13.0 Å². The summed E-state index contributed by atoms with van der Waals surface area (Å²) in [6, 6.07) is -1.31. The van der Waals surface area contributed by atoms with Crippen LogP contribution in [0.4, 0.5) is 0 Å². The van der Waals surface area contributed by atoms with E-state index in [1.54, 1.807) is 0 Å². The highest BCUT2D eigenvalue weighted by Gasteiger charge is 2.62. The van der Waals surface area contributed by atoms with Crippen LogP contribution in [0, 0.1) is 17.8 Å². The molecule has 1 amide bonds. The quantitative estimate of drug-likeness (QED) is 0.434. The third-order valence-electron chi connectivity index (χ3n) is 2.61. The second-order valence-corrected chi connectivity index (χ2v) is 3.45. The number of nitrogens with two attached hydrogens (primary N) is 1. The zero-order valence-corrected chi connectivity index (χ0v) is 8.01. The molecule has 0 aliphatic heterocycles. The number of hydrogen-bond donors (Lipinski definition) is 4. The van der Waals surface area contributed by atoms with Gasteiger partial charge >= 0.3 is 11.9 Å². The van der Waals surface area contributed by atoms with Gasteiger partial charge in [-0.25, -0.2) is 0 Å². The van der Waals surface area contributed by atoms with Crippen LogP contribution in [0.25, 0.3) is 0 Å². The number of carbonyl (C=O) groups is 3. The van der Waals surface area contributed by atoms with Crippen molar-refractivity contribution in [3.63, 3.8) is 0 Å². The fraction of sp³-hybridized carbons (Fsp3) is 0.625. The molecule has 0 heterocycles. The van der Waals surface area contributed by atoms with Crippen LogP contribution < -0.4 is 11.1 Å². The van der Waals surface area contributed by atoms with Crippen molar-refractivity contribution < 1.29 is 24.6 Å². The van der Waals surface area contributed by atoms with Crippen molar-refractivity contribution in [2.45, 2.75) is 6.04 Å². The van der Waals surface area contributed by atoms with Crippen LogP contribution in [0.3, 0.4) is 0 Å². The third kappa shape index (κ3) is 1.91. The summed E-state index contributed by atoms with van der Waals surface area (Å²) < 4.78 is 0. The van der Waals surface area contributed by atoms with Crippen molar-refractivity contribution in [3.8, 4) is 0 Å². The Morgan fingerprint density at radius 2 is 1.80 bits per heavy atom. The lowest BCUT2D eigenvalue weighted by atomic mass is 10.1. The van der Waals surface area contributed by atoms with Crippen LogP contribution in [-0.4, -0.2) is 41.1 Å². The maximum atomic E-state index is 11.2. The molecule has 84 valence electrons. The van der Waals surface area contributed by atoms with Crippen LogP contribution >= 0.6 is 0 Å². The summed E-state index contributed by atoms with van der Waals surface area (Å²) in [5.41, 5.74) is 5.29. The predicted molar refractivity (Wildman–Crippen MR) is 47.8 cm³/mol. The van der Waals surface area contributed by atoms with E-state index in [9.17, 15) is 14.4 Å². The fourth-order valence-electron chi connectivity index (χ4n) is 1.77. The van der Waals surface area contributed by atoms with Gasteiger partial charge in [0.15, 0.2) is 0 Å². The average Bonchev–Trinajstić information content (AvgIpc) is 2.90. The number of aliphatic carboxylic acids is 2. The molecule has 0 aromatic heterocycles. The van der Waals surface area contributed by atoms with E-state index in [1.165, 1.54) is 7.05 Å². The summed E-state index contributed by atoms with van der Waals surface area (Å²) in [6.45, 7) is 0. The van der Waals surface area contributed by atoms with Crippen molar-refractivity contribution in [2.75, 3.05) is 7.05 Å². The molecule has 4 atom stereocenters. The van der Waals surface area contributed by atoms with Crippen LogP contribution in [0.5, 0.6) is 0 Å². The number of carboxylic acids is 2. The lowest BCUT2D eigenvalue weighted by Gasteiger charge is -2.03. The van der Waals surface area contributed by atoms with Crippen molar-refractivity contribution in [1.29, 1.82) is 0 Å². The molecule has 0 bridgehead atoms. The summed E-state index contributed by atoms with van der Waals surface area (Å²) in [4.78, 5) is 32.5. The topological polar surface area (TPSA) is 130 Å². The Bertz CT molecular complexity index is 316. The molecule has 15 heavy (non-hydrogen) atoms. The van der Waals surface area contributed by atoms with Gasteiger partial charge in [0.05, 0.1) is 11.8 Å². The Labute approximate surface area is 85.3 Å². The molecule has 4 unspecified atom stereocenters. The van der Waals surface area contributed by atoms with Gasteiger partial charge in [-0.3, -0.25) is 14.4 Å². The van der Waals surface area contributed by atoms with E-state index in [1.807, 2.05) is 0 Å². The molecule has 1 saturated carbocycles. The summed E-state index contributed by atoms with van der Waals surface area (Å²) in [5, 5.41) is 19.6. The molecule has 5 N–H and O–H groups in total. The lowest BCUT2D eigenvalue weighted by molar-refractivity contribution is -0.141. The highest BCUT2D eigenvalue weighted by molar-refractivity contribution is 5.92. The van der Waals surface area contributed by atoms with E-state index in [0.29, 0.717) is 0 Å². The van der Waals surface area contributed by atoms with Gasteiger partial charge in [-0.2, -0.15) is 0 Å². The molecule has 0 radical (unpaired) electrons. The Hall–Kier alpha value is -1.63. The van der Waals surface area contributed by atoms with E-state index in [4.69, 9.17) is 15.9 Å². The maximum absolute atomic E-state index is 11.2. The SMILES string of the molecule is CNC(=O)C1C(C(=O)O)C1C(N)C(=O)O. The van der Waals surface area contributed by atoms with Crippen molar-refractivity contribution >= 4 is 17.8 Å². The van der Waals surface area contributed by atoms with Crippen LogP contribution in [-0.2, 0) is 14.4 Å².